The average molecular weight is 296 g/mol. The fourth-order valence-electron chi connectivity index (χ4n) is 2.04. The standard InChI is InChI=1S/C14H17FN2O4/c1-20-14(19)9-2-3-11(15)12(6-9)17-13(18)7-10-8-21-5-4-16-10/h2-3,6,10,16H,4-5,7-8H2,1H3,(H,17,18). The van der Waals surface area contributed by atoms with Gasteiger partial charge in [-0.05, 0) is 18.2 Å². The summed E-state index contributed by atoms with van der Waals surface area (Å²) in [6, 6.07) is 3.58. The molecule has 0 saturated carbocycles. The summed E-state index contributed by atoms with van der Waals surface area (Å²) >= 11 is 0. The quantitative estimate of drug-likeness (QED) is 0.808. The van der Waals surface area contributed by atoms with E-state index < -0.39 is 11.8 Å². The summed E-state index contributed by atoms with van der Waals surface area (Å²) in [5.41, 5.74) is 0.132. The lowest BCUT2D eigenvalue weighted by Gasteiger charge is -2.23. The van der Waals surface area contributed by atoms with Gasteiger partial charge < -0.3 is 20.1 Å². The molecule has 1 aromatic carbocycles. The zero-order chi connectivity index (χ0) is 15.2. The molecular weight excluding hydrogens is 279 g/mol. The third kappa shape index (κ3) is 4.24. The largest absolute Gasteiger partial charge is 0.465 e. The van der Waals surface area contributed by atoms with E-state index in [1.807, 2.05) is 0 Å². The highest BCUT2D eigenvalue weighted by molar-refractivity contribution is 5.94. The Morgan fingerprint density at radius 2 is 2.33 bits per heavy atom. The van der Waals surface area contributed by atoms with Gasteiger partial charge in [-0.15, -0.1) is 0 Å². The molecule has 0 aliphatic carbocycles. The molecule has 0 bridgehead atoms. The molecular formula is C14H17FN2O4. The molecule has 7 heteroatoms. The number of halogens is 1. The second kappa shape index (κ2) is 7.14. The summed E-state index contributed by atoms with van der Waals surface area (Å²) < 4.78 is 23.5. The number of rotatable bonds is 4. The molecule has 1 aliphatic heterocycles. The highest BCUT2D eigenvalue weighted by Crippen LogP contribution is 2.17. The number of carbonyl (C=O) groups excluding carboxylic acids is 2. The minimum absolute atomic E-state index is 0.0420. The molecule has 1 atom stereocenters. The van der Waals surface area contributed by atoms with Crippen LogP contribution in [0.1, 0.15) is 16.8 Å². The number of benzene rings is 1. The number of anilines is 1. The molecule has 0 radical (unpaired) electrons. The summed E-state index contributed by atoms with van der Waals surface area (Å²) in [7, 11) is 1.23. The summed E-state index contributed by atoms with van der Waals surface area (Å²) in [4.78, 5) is 23.3. The van der Waals surface area contributed by atoms with Crippen LogP contribution in [0.2, 0.25) is 0 Å². The first-order chi connectivity index (χ1) is 10.1. The van der Waals surface area contributed by atoms with E-state index in [2.05, 4.69) is 15.4 Å². The summed E-state index contributed by atoms with van der Waals surface area (Å²) in [5.74, 6) is -1.55. The van der Waals surface area contributed by atoms with Gasteiger partial charge in [-0.3, -0.25) is 4.79 Å². The minimum Gasteiger partial charge on any atom is -0.465 e. The Labute approximate surface area is 121 Å². The Kier molecular flexibility index (Phi) is 5.24. The van der Waals surface area contributed by atoms with Gasteiger partial charge in [-0.1, -0.05) is 0 Å². The minimum atomic E-state index is -0.608. The lowest BCUT2D eigenvalue weighted by molar-refractivity contribution is -0.117. The monoisotopic (exact) mass is 296 g/mol. The molecule has 2 rings (SSSR count). The zero-order valence-electron chi connectivity index (χ0n) is 11.6. The second-order valence-corrected chi connectivity index (χ2v) is 4.66. The average Bonchev–Trinajstić information content (AvgIpc) is 2.49. The van der Waals surface area contributed by atoms with Gasteiger partial charge >= 0.3 is 5.97 Å². The molecule has 0 spiro atoms. The van der Waals surface area contributed by atoms with Crippen LogP contribution in [0.5, 0.6) is 0 Å². The van der Waals surface area contributed by atoms with Gasteiger partial charge in [-0.25, -0.2) is 9.18 Å². The molecule has 1 aliphatic rings. The van der Waals surface area contributed by atoms with Crippen molar-refractivity contribution in [3.8, 4) is 0 Å². The van der Waals surface area contributed by atoms with E-state index >= 15 is 0 Å². The van der Waals surface area contributed by atoms with Gasteiger partial charge in [0.2, 0.25) is 5.91 Å². The van der Waals surface area contributed by atoms with Gasteiger partial charge in [0.1, 0.15) is 5.82 Å². The fraction of sp³-hybridized carbons (Fsp3) is 0.429. The van der Waals surface area contributed by atoms with E-state index in [1.54, 1.807) is 0 Å². The van der Waals surface area contributed by atoms with Crippen molar-refractivity contribution in [2.24, 2.45) is 0 Å². The van der Waals surface area contributed by atoms with Crippen LogP contribution in [0.4, 0.5) is 10.1 Å². The third-order valence-corrected chi connectivity index (χ3v) is 3.09. The van der Waals surface area contributed by atoms with Crippen LogP contribution >= 0.6 is 0 Å². The molecule has 1 amide bonds. The van der Waals surface area contributed by atoms with Gasteiger partial charge in [-0.2, -0.15) is 0 Å². The van der Waals surface area contributed by atoms with Gasteiger partial charge in [0.15, 0.2) is 0 Å². The molecule has 0 aromatic heterocycles. The van der Waals surface area contributed by atoms with Crippen LogP contribution in [-0.4, -0.2) is 44.8 Å². The number of morpholine rings is 1. The normalized spacial score (nSPS) is 18.1. The van der Waals surface area contributed by atoms with Crippen LogP contribution in [0.15, 0.2) is 18.2 Å². The van der Waals surface area contributed by atoms with Crippen LogP contribution in [0, 0.1) is 5.82 Å². The van der Waals surface area contributed by atoms with Crippen molar-refractivity contribution in [2.45, 2.75) is 12.5 Å². The Morgan fingerprint density at radius 3 is 3.00 bits per heavy atom. The van der Waals surface area contributed by atoms with Crippen molar-refractivity contribution in [1.29, 1.82) is 0 Å². The Balaban J connectivity index is 2.00. The number of nitrogens with one attached hydrogen (secondary N) is 2. The maximum Gasteiger partial charge on any atom is 0.337 e. The summed E-state index contributed by atoms with van der Waals surface area (Å²) in [5, 5.41) is 5.60. The lowest BCUT2D eigenvalue weighted by atomic mass is 10.1. The topological polar surface area (TPSA) is 76.7 Å². The van der Waals surface area contributed by atoms with E-state index in [-0.39, 0.29) is 29.6 Å². The van der Waals surface area contributed by atoms with Crippen LogP contribution in [-0.2, 0) is 14.3 Å². The fourth-order valence-corrected chi connectivity index (χ4v) is 2.04. The maximum atomic E-state index is 13.7. The molecule has 1 unspecified atom stereocenters. The molecule has 6 nitrogen and oxygen atoms in total. The maximum absolute atomic E-state index is 13.7. The van der Waals surface area contributed by atoms with Crippen molar-refractivity contribution in [3.05, 3.63) is 29.6 Å². The van der Waals surface area contributed by atoms with Crippen molar-refractivity contribution >= 4 is 17.6 Å². The summed E-state index contributed by atoms with van der Waals surface area (Å²) in [6.07, 6.45) is 0.169. The molecule has 2 N–H and O–H groups in total. The van der Waals surface area contributed by atoms with Crippen molar-refractivity contribution in [3.63, 3.8) is 0 Å². The van der Waals surface area contributed by atoms with Crippen molar-refractivity contribution in [1.82, 2.24) is 5.32 Å². The lowest BCUT2D eigenvalue weighted by Crippen LogP contribution is -2.43. The van der Waals surface area contributed by atoms with E-state index in [1.165, 1.54) is 19.2 Å². The highest BCUT2D eigenvalue weighted by Gasteiger charge is 2.18. The molecule has 1 heterocycles. The number of ether oxygens (including phenoxy) is 2. The van der Waals surface area contributed by atoms with Crippen molar-refractivity contribution in [2.75, 3.05) is 32.2 Å². The van der Waals surface area contributed by atoms with Crippen LogP contribution < -0.4 is 10.6 Å². The molecule has 114 valence electrons. The molecule has 21 heavy (non-hydrogen) atoms. The first-order valence-electron chi connectivity index (χ1n) is 6.59. The van der Waals surface area contributed by atoms with Gasteiger partial charge in [0.05, 0.1) is 31.6 Å². The highest BCUT2D eigenvalue weighted by atomic mass is 19.1. The zero-order valence-corrected chi connectivity index (χ0v) is 11.6. The SMILES string of the molecule is COC(=O)c1ccc(F)c(NC(=O)CC2COCCN2)c1. The number of methoxy groups -OCH3 is 1. The van der Waals surface area contributed by atoms with E-state index in [9.17, 15) is 14.0 Å². The van der Waals surface area contributed by atoms with Gasteiger partial charge in [0, 0.05) is 19.0 Å². The molecule has 1 aromatic rings. The number of hydrogen-bond donors (Lipinski definition) is 2. The van der Waals surface area contributed by atoms with Crippen LogP contribution in [0.3, 0.4) is 0 Å². The number of carbonyl (C=O) groups is 2. The smallest absolute Gasteiger partial charge is 0.337 e. The van der Waals surface area contributed by atoms with E-state index in [0.717, 1.165) is 6.07 Å². The number of esters is 1. The second-order valence-electron chi connectivity index (χ2n) is 4.66. The Bertz CT molecular complexity index is 530. The van der Waals surface area contributed by atoms with Crippen molar-refractivity contribution < 1.29 is 23.5 Å². The number of amides is 1. The van der Waals surface area contributed by atoms with E-state index in [0.29, 0.717) is 19.8 Å². The molecule has 1 fully saturated rings. The summed E-state index contributed by atoms with van der Waals surface area (Å²) in [6.45, 7) is 1.75. The predicted octanol–water partition coefficient (Wildman–Crippen LogP) is 0.929. The Morgan fingerprint density at radius 1 is 1.52 bits per heavy atom. The van der Waals surface area contributed by atoms with Crippen LogP contribution in [0.25, 0.3) is 0 Å². The van der Waals surface area contributed by atoms with E-state index in [4.69, 9.17) is 4.74 Å². The first-order valence-corrected chi connectivity index (χ1v) is 6.59. The third-order valence-electron chi connectivity index (χ3n) is 3.09. The predicted molar refractivity (Wildman–Crippen MR) is 73.6 cm³/mol. The number of hydrogen-bond acceptors (Lipinski definition) is 5. The Hall–Kier alpha value is -1.99. The molecule has 1 saturated heterocycles. The first kappa shape index (κ1) is 15.4. The van der Waals surface area contributed by atoms with Gasteiger partial charge in [0.25, 0.3) is 0 Å².